The molecule has 0 saturated carbocycles. The second kappa shape index (κ2) is 11.0. The fraction of sp³-hybridized carbons (Fsp3) is 0.500. The van der Waals surface area contributed by atoms with Crippen molar-refractivity contribution in [1.82, 2.24) is 10.2 Å². The first kappa shape index (κ1) is 23.6. The Balaban J connectivity index is 1.48. The Labute approximate surface area is 185 Å². The summed E-state index contributed by atoms with van der Waals surface area (Å²) in [5.41, 5.74) is 1.01. The number of nitrogens with zero attached hydrogens (tertiary/aromatic N) is 1. The van der Waals surface area contributed by atoms with Crippen molar-refractivity contribution in [1.29, 1.82) is 0 Å². The zero-order valence-corrected chi connectivity index (χ0v) is 18.0. The van der Waals surface area contributed by atoms with Crippen LogP contribution in [0.25, 0.3) is 0 Å². The molecule has 1 aromatic carbocycles. The molecule has 1 saturated heterocycles. The lowest BCUT2D eigenvalue weighted by Crippen LogP contribution is -2.54. The summed E-state index contributed by atoms with van der Waals surface area (Å²) in [5.74, 6) is -2.11. The zero-order chi connectivity index (χ0) is 23.1. The minimum Gasteiger partial charge on any atom is -0.384 e. The van der Waals surface area contributed by atoms with E-state index in [1.807, 2.05) is 0 Å². The van der Waals surface area contributed by atoms with E-state index in [1.165, 1.54) is 6.92 Å². The lowest BCUT2D eigenvalue weighted by molar-refractivity contribution is -0.136. The van der Waals surface area contributed by atoms with Crippen molar-refractivity contribution in [3.63, 3.8) is 0 Å². The van der Waals surface area contributed by atoms with Crippen LogP contribution in [0.3, 0.4) is 0 Å². The van der Waals surface area contributed by atoms with Crippen LogP contribution in [0.15, 0.2) is 18.2 Å². The van der Waals surface area contributed by atoms with Crippen molar-refractivity contribution < 1.29 is 33.4 Å². The number of imide groups is 2. The highest BCUT2D eigenvalue weighted by Crippen LogP contribution is 2.32. The van der Waals surface area contributed by atoms with Gasteiger partial charge in [-0.15, -0.1) is 0 Å². The van der Waals surface area contributed by atoms with Crippen LogP contribution >= 0.6 is 0 Å². The van der Waals surface area contributed by atoms with Crippen molar-refractivity contribution in [2.45, 2.75) is 38.6 Å². The van der Waals surface area contributed by atoms with Crippen LogP contribution in [0.4, 0.5) is 5.69 Å². The highest BCUT2D eigenvalue weighted by Gasteiger charge is 2.45. The number of carbonyl (C=O) groups excluding carboxylic acids is 5. The number of ether oxygens (including phenoxy) is 2. The molecule has 172 valence electrons. The van der Waals surface area contributed by atoms with Crippen LogP contribution in [-0.4, -0.2) is 73.3 Å². The highest BCUT2D eigenvalue weighted by atomic mass is 16.5. The number of rotatable bonds is 12. The third-order valence-corrected chi connectivity index (χ3v) is 5.13. The number of fused-ring (bicyclic) bond motifs is 1. The molecular formula is C22H27N3O7. The Morgan fingerprint density at radius 2 is 1.84 bits per heavy atom. The fourth-order valence-electron chi connectivity index (χ4n) is 3.64. The number of carbonyl (C=O) groups is 5. The largest absolute Gasteiger partial charge is 0.384 e. The molecule has 1 unspecified atom stereocenters. The summed E-state index contributed by atoms with van der Waals surface area (Å²) in [4.78, 5) is 61.1. The Hall–Kier alpha value is -3.11. The van der Waals surface area contributed by atoms with Crippen molar-refractivity contribution in [2.75, 3.05) is 38.3 Å². The lowest BCUT2D eigenvalue weighted by Gasteiger charge is -2.27. The van der Waals surface area contributed by atoms with Gasteiger partial charge in [0, 0.05) is 38.5 Å². The monoisotopic (exact) mass is 445 g/mol. The quantitative estimate of drug-likeness (QED) is 0.358. The molecule has 2 aliphatic heterocycles. The third kappa shape index (κ3) is 5.57. The summed E-state index contributed by atoms with van der Waals surface area (Å²) in [6.07, 6.45) is 1.57. The van der Waals surface area contributed by atoms with Crippen molar-refractivity contribution in [3.05, 3.63) is 29.3 Å². The van der Waals surface area contributed by atoms with Gasteiger partial charge in [-0.3, -0.25) is 34.2 Å². The van der Waals surface area contributed by atoms with Gasteiger partial charge < -0.3 is 14.8 Å². The summed E-state index contributed by atoms with van der Waals surface area (Å²) in [6.45, 7) is 3.61. The van der Waals surface area contributed by atoms with E-state index >= 15 is 0 Å². The minimum absolute atomic E-state index is 0.00944. The maximum atomic E-state index is 13.0. The number of benzene rings is 1. The van der Waals surface area contributed by atoms with Crippen LogP contribution in [0.1, 0.15) is 53.3 Å². The van der Waals surface area contributed by atoms with Gasteiger partial charge in [0.25, 0.3) is 11.8 Å². The van der Waals surface area contributed by atoms with Gasteiger partial charge in [0.1, 0.15) is 12.6 Å². The smallest absolute Gasteiger partial charge is 0.264 e. The van der Waals surface area contributed by atoms with E-state index in [2.05, 4.69) is 10.6 Å². The predicted molar refractivity (Wildman–Crippen MR) is 113 cm³/mol. The number of anilines is 1. The van der Waals surface area contributed by atoms with Crippen molar-refractivity contribution >= 4 is 35.1 Å². The van der Waals surface area contributed by atoms with Gasteiger partial charge in [-0.25, -0.2) is 0 Å². The number of hydrogen-bond acceptors (Lipinski definition) is 8. The SMILES string of the molecule is CC(=O)COCCCOCCCNc1cccc2c1C(=O)N(C1CCC(=O)NC1=O)C2=O. The fourth-order valence-corrected chi connectivity index (χ4v) is 3.64. The molecule has 2 N–H and O–H groups in total. The van der Waals surface area contributed by atoms with E-state index < -0.39 is 29.7 Å². The second-order valence-corrected chi connectivity index (χ2v) is 7.68. The van der Waals surface area contributed by atoms with Crippen LogP contribution in [0, 0.1) is 0 Å². The molecule has 0 aromatic heterocycles. The van der Waals surface area contributed by atoms with E-state index in [-0.39, 0.29) is 36.4 Å². The number of ketones is 1. The number of piperidine rings is 1. The third-order valence-electron chi connectivity index (χ3n) is 5.13. The highest BCUT2D eigenvalue weighted by molar-refractivity contribution is 6.25. The molecule has 2 heterocycles. The first-order valence-corrected chi connectivity index (χ1v) is 10.6. The summed E-state index contributed by atoms with van der Waals surface area (Å²) in [7, 11) is 0. The van der Waals surface area contributed by atoms with Crippen molar-refractivity contribution in [3.8, 4) is 0 Å². The van der Waals surface area contributed by atoms with Crippen LogP contribution in [0.2, 0.25) is 0 Å². The zero-order valence-electron chi connectivity index (χ0n) is 18.0. The maximum Gasteiger partial charge on any atom is 0.264 e. The standard InChI is InChI=1S/C22H27N3O7/c1-14(26)13-32-12-4-11-31-10-3-9-23-16-6-2-5-15-19(16)22(30)25(21(15)29)17-7-8-18(27)24-20(17)28/h2,5-6,17,23H,3-4,7-13H2,1H3,(H,24,27,28). The van der Waals surface area contributed by atoms with E-state index in [1.54, 1.807) is 18.2 Å². The summed E-state index contributed by atoms with van der Waals surface area (Å²) >= 11 is 0. The Morgan fingerprint density at radius 1 is 1.09 bits per heavy atom. The molecule has 3 rings (SSSR count). The molecule has 1 aromatic rings. The molecular weight excluding hydrogens is 418 g/mol. The van der Waals surface area contributed by atoms with Gasteiger partial charge in [0.15, 0.2) is 5.78 Å². The van der Waals surface area contributed by atoms with Crippen LogP contribution in [0.5, 0.6) is 0 Å². The van der Waals surface area contributed by atoms with Gasteiger partial charge in [0.05, 0.1) is 11.1 Å². The van der Waals surface area contributed by atoms with E-state index in [0.29, 0.717) is 44.9 Å². The van der Waals surface area contributed by atoms with Crippen LogP contribution < -0.4 is 10.6 Å². The molecule has 0 aliphatic carbocycles. The van der Waals surface area contributed by atoms with Gasteiger partial charge in [-0.2, -0.15) is 0 Å². The first-order valence-electron chi connectivity index (χ1n) is 10.6. The van der Waals surface area contributed by atoms with Crippen LogP contribution in [-0.2, 0) is 23.9 Å². The first-order chi connectivity index (χ1) is 15.4. The maximum absolute atomic E-state index is 13.0. The lowest BCUT2D eigenvalue weighted by atomic mass is 10.0. The number of amides is 4. The number of Topliss-reactive ketones (excluding diaryl/α,β-unsaturated/α-hetero) is 1. The normalized spacial score (nSPS) is 18.0. The topological polar surface area (TPSA) is 131 Å². The van der Waals surface area contributed by atoms with Gasteiger partial charge >= 0.3 is 0 Å². The van der Waals surface area contributed by atoms with Gasteiger partial charge in [-0.05, 0) is 38.3 Å². The Morgan fingerprint density at radius 3 is 2.59 bits per heavy atom. The molecule has 0 radical (unpaired) electrons. The summed E-state index contributed by atoms with van der Waals surface area (Å²) in [6, 6.07) is 3.97. The average molecular weight is 445 g/mol. The predicted octanol–water partition coefficient (Wildman–Crippen LogP) is 0.902. The summed E-state index contributed by atoms with van der Waals surface area (Å²) < 4.78 is 10.7. The van der Waals surface area contributed by atoms with Gasteiger partial charge in [-0.1, -0.05) is 6.07 Å². The molecule has 32 heavy (non-hydrogen) atoms. The van der Waals surface area contributed by atoms with E-state index in [9.17, 15) is 24.0 Å². The molecule has 10 heteroatoms. The molecule has 4 amide bonds. The second-order valence-electron chi connectivity index (χ2n) is 7.68. The molecule has 10 nitrogen and oxygen atoms in total. The Bertz CT molecular complexity index is 915. The molecule has 1 fully saturated rings. The molecule has 1 atom stereocenters. The number of nitrogens with one attached hydrogen (secondary N) is 2. The molecule has 2 aliphatic rings. The van der Waals surface area contributed by atoms with E-state index in [0.717, 1.165) is 4.90 Å². The Kier molecular flexibility index (Phi) is 8.07. The molecule has 0 spiro atoms. The minimum atomic E-state index is -0.985. The van der Waals surface area contributed by atoms with Gasteiger partial charge in [0.2, 0.25) is 11.8 Å². The summed E-state index contributed by atoms with van der Waals surface area (Å²) in [5, 5.41) is 5.35. The van der Waals surface area contributed by atoms with Crippen molar-refractivity contribution in [2.24, 2.45) is 0 Å². The number of hydrogen-bond donors (Lipinski definition) is 2. The van der Waals surface area contributed by atoms with E-state index in [4.69, 9.17) is 9.47 Å². The average Bonchev–Trinajstić information content (AvgIpc) is 3.00. The molecule has 0 bridgehead atoms.